The van der Waals surface area contributed by atoms with Crippen LogP contribution in [0, 0.1) is 0 Å². The lowest BCUT2D eigenvalue weighted by Gasteiger charge is -2.24. The van der Waals surface area contributed by atoms with Crippen LogP contribution in [0.15, 0.2) is 48.5 Å². The van der Waals surface area contributed by atoms with Crippen molar-refractivity contribution in [3.05, 3.63) is 59.7 Å². The molecule has 2 aliphatic rings. The van der Waals surface area contributed by atoms with Gasteiger partial charge in [0.1, 0.15) is 23.3 Å². The molecule has 2 aromatic rings. The van der Waals surface area contributed by atoms with Gasteiger partial charge in [0.15, 0.2) is 0 Å². The molecule has 10 heteroatoms. The highest BCUT2D eigenvalue weighted by Gasteiger charge is 2.31. The van der Waals surface area contributed by atoms with Crippen LogP contribution in [0.4, 0.5) is 21.0 Å². The monoisotopic (exact) mass is 598 g/mol. The molecule has 0 aliphatic carbocycles. The minimum absolute atomic E-state index is 0. The molecule has 43 heavy (non-hydrogen) atoms. The normalized spacial score (nSPS) is 17.8. The first kappa shape index (κ1) is 36.9. The molecule has 4 amide bonds. The van der Waals surface area contributed by atoms with Crippen LogP contribution in [0.1, 0.15) is 80.4 Å². The molecule has 3 N–H and O–H groups in total. The van der Waals surface area contributed by atoms with E-state index >= 15 is 0 Å². The van der Waals surface area contributed by atoms with Gasteiger partial charge in [0.25, 0.3) is 0 Å². The molecule has 0 fully saturated rings. The number of likely N-dealkylation sites (N-methyl/N-ethyl adjacent to an activating group) is 1. The third kappa shape index (κ3) is 11.3. The number of hydrogen-bond donors (Lipinski definition) is 3. The molecule has 2 aromatic carbocycles. The minimum atomic E-state index is -0.577. The number of carbonyl (C=O) groups excluding carboxylic acids is 4. The Bertz CT molecular complexity index is 1260. The lowest BCUT2D eigenvalue weighted by molar-refractivity contribution is -0.120. The van der Waals surface area contributed by atoms with Crippen molar-refractivity contribution in [3.8, 4) is 0 Å². The van der Waals surface area contributed by atoms with Crippen molar-refractivity contribution >= 4 is 35.4 Å². The second kappa shape index (κ2) is 15.4. The molecule has 10 nitrogen and oxygen atoms in total. The fraction of sp³-hybridized carbons (Fsp3) is 0.515. The first-order chi connectivity index (χ1) is 19.1. The molecule has 0 radical (unpaired) electrons. The molecule has 0 aromatic heterocycles. The number of aryl methyl sites for hydroxylation is 2. The van der Waals surface area contributed by atoms with E-state index in [1.54, 1.807) is 53.5 Å². The molecule has 2 heterocycles. The van der Waals surface area contributed by atoms with E-state index in [2.05, 4.69) is 16.0 Å². The highest BCUT2D eigenvalue weighted by atomic mass is 16.6. The van der Waals surface area contributed by atoms with E-state index < -0.39 is 35.5 Å². The molecule has 0 saturated carbocycles. The van der Waals surface area contributed by atoms with E-state index in [0.29, 0.717) is 12.8 Å². The van der Waals surface area contributed by atoms with Gasteiger partial charge in [-0.2, -0.15) is 0 Å². The average Bonchev–Trinajstić information content (AvgIpc) is 3.09. The zero-order valence-electron chi connectivity index (χ0n) is 25.0. The van der Waals surface area contributed by atoms with Crippen LogP contribution >= 0.6 is 0 Å². The molecular weight excluding hydrogens is 548 g/mol. The van der Waals surface area contributed by atoms with Gasteiger partial charge in [0.05, 0.1) is 0 Å². The molecule has 2 atom stereocenters. The first-order valence-electron chi connectivity index (χ1n) is 13.9. The first-order valence-corrected chi connectivity index (χ1v) is 13.9. The van der Waals surface area contributed by atoms with Crippen LogP contribution in [-0.4, -0.2) is 54.3 Å². The number of amides is 4. The minimum Gasteiger partial charge on any atom is -0.444 e. The SMILES string of the molecule is C.C.CC(C)(C)OC(=O)NC1CCc2ccccc2NC1=O.CN1C(=O)C(NC(=O)OC(C)(C)C)CCc2ccccc21. The predicted octanol–water partition coefficient (Wildman–Crippen LogP) is 6.23. The standard InChI is InChI=1S/C16H22N2O3.C15H20N2O3.2CH4/c1-16(2,3)21-15(20)17-12-10-9-11-7-5-6-8-13(11)18(4)14(12)19;1-15(2,3)20-14(19)17-12-9-8-10-6-4-5-7-11(10)16-13(12)18;;/h5-8,12H,9-10H2,1-4H3,(H,17,20);4-7,12H,8-9H2,1-3H3,(H,16,18)(H,17,19);2*1H4. The summed E-state index contributed by atoms with van der Waals surface area (Å²) in [5.74, 6) is -0.327. The van der Waals surface area contributed by atoms with E-state index in [9.17, 15) is 19.2 Å². The number of para-hydroxylation sites is 2. The summed E-state index contributed by atoms with van der Waals surface area (Å²) in [6.45, 7) is 10.7. The Kier molecular flexibility index (Phi) is 13.2. The summed E-state index contributed by atoms with van der Waals surface area (Å²) in [5, 5.41) is 8.14. The van der Waals surface area contributed by atoms with Crippen molar-refractivity contribution in [2.75, 3.05) is 17.3 Å². The second-order valence-electron chi connectivity index (χ2n) is 12.1. The van der Waals surface area contributed by atoms with Crippen LogP contribution in [0.2, 0.25) is 0 Å². The number of ether oxygens (including phenoxy) is 2. The number of fused-ring (bicyclic) bond motifs is 2. The Morgan fingerprint density at radius 3 is 1.81 bits per heavy atom. The van der Waals surface area contributed by atoms with Crippen LogP contribution < -0.4 is 20.9 Å². The topological polar surface area (TPSA) is 126 Å². The summed E-state index contributed by atoms with van der Waals surface area (Å²) in [6.07, 6.45) is 1.48. The summed E-state index contributed by atoms with van der Waals surface area (Å²) >= 11 is 0. The quantitative estimate of drug-likeness (QED) is 0.377. The number of hydrogen-bond acceptors (Lipinski definition) is 6. The molecule has 0 spiro atoms. The number of nitrogens with zero attached hydrogens (tertiary/aromatic N) is 1. The Balaban J connectivity index is 0.000000411. The number of nitrogens with one attached hydrogen (secondary N) is 3. The largest absolute Gasteiger partial charge is 0.444 e. The maximum absolute atomic E-state index is 12.5. The van der Waals surface area contributed by atoms with Crippen LogP contribution in [-0.2, 0) is 31.9 Å². The summed E-state index contributed by atoms with van der Waals surface area (Å²) < 4.78 is 10.4. The van der Waals surface area contributed by atoms with E-state index in [1.165, 1.54) is 0 Å². The Labute approximate surface area is 256 Å². The molecule has 2 aliphatic heterocycles. The van der Waals surface area contributed by atoms with Crippen molar-refractivity contribution < 1.29 is 28.7 Å². The number of anilines is 2. The molecule has 238 valence electrons. The van der Waals surface area contributed by atoms with E-state index in [4.69, 9.17) is 9.47 Å². The van der Waals surface area contributed by atoms with Gasteiger partial charge in [-0.25, -0.2) is 9.59 Å². The van der Waals surface area contributed by atoms with Gasteiger partial charge in [-0.15, -0.1) is 0 Å². The zero-order chi connectivity index (χ0) is 30.4. The van der Waals surface area contributed by atoms with Gasteiger partial charge >= 0.3 is 12.2 Å². The van der Waals surface area contributed by atoms with E-state index in [-0.39, 0.29) is 26.7 Å². The number of rotatable bonds is 2. The second-order valence-corrected chi connectivity index (χ2v) is 12.1. The van der Waals surface area contributed by atoms with Crippen molar-refractivity contribution in [1.82, 2.24) is 10.6 Å². The summed E-state index contributed by atoms with van der Waals surface area (Å²) in [7, 11) is 1.73. The van der Waals surface area contributed by atoms with Gasteiger partial charge in [-0.3, -0.25) is 9.59 Å². The Morgan fingerprint density at radius 2 is 1.23 bits per heavy atom. The zero-order valence-corrected chi connectivity index (χ0v) is 25.0. The number of alkyl carbamates (subject to hydrolysis) is 2. The van der Waals surface area contributed by atoms with Gasteiger partial charge in [-0.05, 0) is 90.5 Å². The third-order valence-corrected chi connectivity index (χ3v) is 6.36. The molecule has 0 saturated heterocycles. The average molecular weight is 599 g/mol. The highest BCUT2D eigenvalue weighted by Crippen LogP contribution is 2.26. The van der Waals surface area contributed by atoms with E-state index in [1.807, 2.05) is 48.5 Å². The van der Waals surface area contributed by atoms with Gasteiger partial charge in [-0.1, -0.05) is 51.3 Å². The van der Waals surface area contributed by atoms with Crippen LogP contribution in [0.25, 0.3) is 0 Å². The Morgan fingerprint density at radius 1 is 0.767 bits per heavy atom. The smallest absolute Gasteiger partial charge is 0.408 e. The van der Waals surface area contributed by atoms with Crippen LogP contribution in [0.5, 0.6) is 0 Å². The molecule has 0 bridgehead atoms. The highest BCUT2D eigenvalue weighted by molar-refractivity contribution is 5.99. The van der Waals surface area contributed by atoms with Crippen molar-refractivity contribution in [2.24, 2.45) is 0 Å². The summed E-state index contributed by atoms with van der Waals surface area (Å²) in [4.78, 5) is 49.8. The predicted molar refractivity (Wildman–Crippen MR) is 171 cm³/mol. The number of benzene rings is 2. The summed E-state index contributed by atoms with van der Waals surface area (Å²) in [5.41, 5.74) is 2.75. The molecule has 4 rings (SSSR count). The van der Waals surface area contributed by atoms with Crippen molar-refractivity contribution in [1.29, 1.82) is 0 Å². The van der Waals surface area contributed by atoms with Gasteiger partial charge in [0, 0.05) is 18.4 Å². The van der Waals surface area contributed by atoms with Crippen molar-refractivity contribution in [3.63, 3.8) is 0 Å². The van der Waals surface area contributed by atoms with Gasteiger partial charge < -0.3 is 30.3 Å². The third-order valence-electron chi connectivity index (χ3n) is 6.36. The maximum atomic E-state index is 12.5. The fourth-order valence-corrected chi connectivity index (χ4v) is 4.51. The fourth-order valence-electron chi connectivity index (χ4n) is 4.51. The van der Waals surface area contributed by atoms with Crippen molar-refractivity contribution in [2.45, 2.75) is 105 Å². The lowest BCUT2D eigenvalue weighted by Crippen LogP contribution is -2.48. The van der Waals surface area contributed by atoms with E-state index in [0.717, 1.165) is 35.3 Å². The lowest BCUT2D eigenvalue weighted by atomic mass is 10.1. The van der Waals surface area contributed by atoms with Gasteiger partial charge in [0.2, 0.25) is 11.8 Å². The number of carbonyl (C=O) groups is 4. The molecular formula is C33H50N4O6. The Hall–Kier alpha value is -4.08. The van der Waals surface area contributed by atoms with Crippen LogP contribution in [0.3, 0.4) is 0 Å². The summed E-state index contributed by atoms with van der Waals surface area (Å²) in [6, 6.07) is 14.3. The maximum Gasteiger partial charge on any atom is 0.408 e. The molecule has 2 unspecified atom stereocenters.